The Labute approximate surface area is 43.9 Å². The molecule has 41 valence electrons. The summed E-state index contributed by atoms with van der Waals surface area (Å²) in [5.74, 6) is 0. The molecule has 0 unspecified atom stereocenters. The Morgan fingerprint density at radius 2 is 2.57 bits per heavy atom. The predicted octanol–water partition coefficient (Wildman–Crippen LogP) is 0.00950. The zero-order valence-electron chi connectivity index (χ0n) is 4.55. The van der Waals surface area contributed by atoms with Crippen LogP contribution >= 0.6 is 0 Å². The Balaban J connectivity index is 2.12. The maximum absolute atomic E-state index is 5.09. The molecule has 2 heteroatoms. The molecule has 0 saturated carbocycles. The average Bonchev–Trinajstić information content (AvgIpc) is 1.69. The molecule has 1 saturated heterocycles. The largest absolute Gasteiger partial charge is 0.378 e. The first kappa shape index (κ1) is 5.06. The van der Waals surface area contributed by atoms with E-state index in [0.717, 1.165) is 19.8 Å². The molecule has 1 radical (unpaired) electrons. The summed E-state index contributed by atoms with van der Waals surface area (Å²) in [5.41, 5.74) is 0. The molecule has 0 amide bonds. The van der Waals surface area contributed by atoms with E-state index in [1.165, 1.54) is 0 Å². The van der Waals surface area contributed by atoms with Crippen LogP contribution in [-0.4, -0.2) is 25.8 Å². The lowest BCUT2D eigenvalue weighted by Crippen LogP contribution is -2.33. The number of ether oxygens (including phenoxy) is 1. The van der Waals surface area contributed by atoms with Crippen LogP contribution in [0.25, 0.3) is 0 Å². The molecular formula is C5H10NO. The van der Waals surface area contributed by atoms with Crippen molar-refractivity contribution in [2.75, 3.05) is 19.8 Å². The van der Waals surface area contributed by atoms with Crippen LogP contribution < -0.4 is 5.32 Å². The molecule has 1 aliphatic heterocycles. The first-order chi connectivity index (χ1) is 3.39. The van der Waals surface area contributed by atoms with Crippen LogP contribution in [0.15, 0.2) is 0 Å². The molecule has 1 fully saturated rings. The van der Waals surface area contributed by atoms with Crippen LogP contribution in [-0.2, 0) is 4.74 Å². The number of nitrogens with zero attached hydrogens (tertiary/aromatic N) is 1. The van der Waals surface area contributed by atoms with Crippen LogP contribution in [0, 0.1) is 0 Å². The first-order valence-electron chi connectivity index (χ1n) is 2.64. The van der Waals surface area contributed by atoms with Crippen molar-refractivity contribution in [3.05, 3.63) is 0 Å². The van der Waals surface area contributed by atoms with Crippen molar-refractivity contribution < 1.29 is 4.74 Å². The van der Waals surface area contributed by atoms with Gasteiger partial charge in [0, 0.05) is 12.6 Å². The number of hydrogen-bond donors (Lipinski definition) is 0. The molecule has 0 N–H and O–H groups in total. The van der Waals surface area contributed by atoms with E-state index in [-0.39, 0.29) is 0 Å². The van der Waals surface area contributed by atoms with Crippen molar-refractivity contribution in [3.63, 3.8) is 0 Å². The average molecular weight is 100 g/mol. The van der Waals surface area contributed by atoms with Gasteiger partial charge in [0.05, 0.1) is 13.2 Å². The predicted molar refractivity (Wildman–Crippen MR) is 27.3 cm³/mol. The van der Waals surface area contributed by atoms with Gasteiger partial charge in [-0.05, 0) is 6.92 Å². The Kier molecular flexibility index (Phi) is 1.65. The maximum atomic E-state index is 5.09. The van der Waals surface area contributed by atoms with Crippen LogP contribution in [0.1, 0.15) is 6.92 Å². The third-order valence-electron chi connectivity index (χ3n) is 1.04. The highest BCUT2D eigenvalue weighted by Gasteiger charge is 2.06. The SMILES string of the molecule is C[C@H]1COCC[N]1. The molecule has 1 atom stereocenters. The summed E-state index contributed by atoms with van der Waals surface area (Å²) in [6.45, 7) is 4.60. The normalized spacial score (nSPS) is 33.0. The van der Waals surface area contributed by atoms with Gasteiger partial charge in [0.15, 0.2) is 0 Å². The Hall–Kier alpha value is -0.0800. The van der Waals surface area contributed by atoms with Gasteiger partial charge in [-0.2, -0.15) is 0 Å². The number of morpholine rings is 1. The van der Waals surface area contributed by atoms with E-state index in [2.05, 4.69) is 12.2 Å². The van der Waals surface area contributed by atoms with E-state index in [9.17, 15) is 0 Å². The highest BCUT2D eigenvalue weighted by molar-refractivity contribution is 4.61. The zero-order valence-corrected chi connectivity index (χ0v) is 4.55. The van der Waals surface area contributed by atoms with Gasteiger partial charge in [0.25, 0.3) is 0 Å². The molecule has 1 heterocycles. The highest BCUT2D eigenvalue weighted by Crippen LogP contribution is 1.90. The van der Waals surface area contributed by atoms with Gasteiger partial charge in [-0.15, -0.1) is 0 Å². The minimum absolute atomic E-state index is 0.439. The lowest BCUT2D eigenvalue weighted by Gasteiger charge is -2.17. The van der Waals surface area contributed by atoms with Gasteiger partial charge < -0.3 is 4.74 Å². The fraction of sp³-hybridized carbons (Fsp3) is 1.00. The Bertz CT molecular complexity index is 50.0. The second-order valence-electron chi connectivity index (χ2n) is 1.83. The molecule has 0 aliphatic carbocycles. The van der Waals surface area contributed by atoms with E-state index >= 15 is 0 Å². The molecular weight excluding hydrogens is 90.1 g/mol. The van der Waals surface area contributed by atoms with Crippen LogP contribution in [0.2, 0.25) is 0 Å². The quantitative estimate of drug-likeness (QED) is 0.420. The summed E-state index contributed by atoms with van der Waals surface area (Å²) < 4.78 is 5.09. The second kappa shape index (κ2) is 2.28. The molecule has 0 aromatic heterocycles. The van der Waals surface area contributed by atoms with Gasteiger partial charge in [0.2, 0.25) is 0 Å². The zero-order chi connectivity index (χ0) is 5.11. The topological polar surface area (TPSA) is 23.3 Å². The maximum Gasteiger partial charge on any atom is 0.0633 e. The van der Waals surface area contributed by atoms with Crippen LogP contribution in [0.3, 0.4) is 0 Å². The van der Waals surface area contributed by atoms with E-state index in [4.69, 9.17) is 4.74 Å². The van der Waals surface area contributed by atoms with Crippen molar-refractivity contribution in [3.8, 4) is 0 Å². The summed E-state index contributed by atoms with van der Waals surface area (Å²) in [7, 11) is 0. The van der Waals surface area contributed by atoms with Crippen molar-refractivity contribution in [2.24, 2.45) is 0 Å². The van der Waals surface area contributed by atoms with Gasteiger partial charge in [0.1, 0.15) is 0 Å². The first-order valence-corrected chi connectivity index (χ1v) is 2.64. The fourth-order valence-electron chi connectivity index (χ4n) is 0.644. The Morgan fingerprint density at radius 3 is 2.86 bits per heavy atom. The van der Waals surface area contributed by atoms with Crippen molar-refractivity contribution >= 4 is 0 Å². The third kappa shape index (κ3) is 1.45. The molecule has 0 aromatic carbocycles. The lowest BCUT2D eigenvalue weighted by molar-refractivity contribution is 0.0801. The van der Waals surface area contributed by atoms with E-state index in [0.29, 0.717) is 6.04 Å². The molecule has 0 bridgehead atoms. The highest BCUT2D eigenvalue weighted by atomic mass is 16.5. The van der Waals surface area contributed by atoms with Gasteiger partial charge >= 0.3 is 0 Å². The molecule has 0 aromatic rings. The van der Waals surface area contributed by atoms with Gasteiger partial charge in [-0.3, -0.25) is 0 Å². The lowest BCUT2D eigenvalue weighted by atomic mass is 10.3. The van der Waals surface area contributed by atoms with Crippen LogP contribution in [0.5, 0.6) is 0 Å². The monoisotopic (exact) mass is 100 g/mol. The van der Waals surface area contributed by atoms with E-state index < -0.39 is 0 Å². The van der Waals surface area contributed by atoms with Crippen molar-refractivity contribution in [1.29, 1.82) is 0 Å². The third-order valence-corrected chi connectivity index (χ3v) is 1.04. The second-order valence-corrected chi connectivity index (χ2v) is 1.83. The van der Waals surface area contributed by atoms with Crippen LogP contribution in [0.4, 0.5) is 0 Å². The Morgan fingerprint density at radius 1 is 1.71 bits per heavy atom. The van der Waals surface area contributed by atoms with E-state index in [1.807, 2.05) is 0 Å². The standard InChI is InChI=1S/C5H10NO/c1-5-4-7-3-2-6-5/h5H,2-4H2,1H3/t5-/m0/s1. The molecule has 0 spiro atoms. The molecule has 1 rings (SSSR count). The smallest absolute Gasteiger partial charge is 0.0633 e. The number of hydrogen-bond acceptors (Lipinski definition) is 1. The van der Waals surface area contributed by atoms with E-state index in [1.54, 1.807) is 0 Å². The molecule has 7 heavy (non-hydrogen) atoms. The fourth-order valence-corrected chi connectivity index (χ4v) is 0.644. The molecule has 2 nitrogen and oxygen atoms in total. The van der Waals surface area contributed by atoms with Crippen molar-refractivity contribution in [2.45, 2.75) is 13.0 Å². The summed E-state index contributed by atoms with van der Waals surface area (Å²) >= 11 is 0. The van der Waals surface area contributed by atoms with Crippen molar-refractivity contribution in [1.82, 2.24) is 5.32 Å². The van der Waals surface area contributed by atoms with Gasteiger partial charge in [-0.25, -0.2) is 5.32 Å². The summed E-state index contributed by atoms with van der Waals surface area (Å²) in [6.07, 6.45) is 0. The number of rotatable bonds is 0. The summed E-state index contributed by atoms with van der Waals surface area (Å²) in [6, 6.07) is 0.439. The minimum Gasteiger partial charge on any atom is -0.378 e. The summed E-state index contributed by atoms with van der Waals surface area (Å²) in [5, 5.41) is 4.20. The minimum atomic E-state index is 0.439. The summed E-state index contributed by atoms with van der Waals surface area (Å²) in [4.78, 5) is 0. The van der Waals surface area contributed by atoms with Gasteiger partial charge in [-0.1, -0.05) is 0 Å². The molecule has 1 aliphatic rings.